The van der Waals surface area contributed by atoms with Crippen LogP contribution in [0.3, 0.4) is 0 Å². The molecule has 23 heavy (non-hydrogen) atoms. The molecule has 4 heteroatoms. The van der Waals surface area contributed by atoms with Crippen LogP contribution in [0.25, 0.3) is 0 Å². The molecule has 2 atom stereocenters. The van der Waals surface area contributed by atoms with Crippen LogP contribution in [-0.4, -0.2) is 23.7 Å². The summed E-state index contributed by atoms with van der Waals surface area (Å²) in [6, 6.07) is 6.95. The minimum atomic E-state index is -0.355. The molecule has 3 rings (SSSR count). The molecule has 0 spiro atoms. The zero-order valence-electron chi connectivity index (χ0n) is 13.6. The highest BCUT2D eigenvalue weighted by Gasteiger charge is 2.38. The molecule has 0 bridgehead atoms. The SMILES string of the molecule is O=C(NCC1(c2ccccc2F)CCCC1)[C@H]1CCC[C@@H](O)C1. The smallest absolute Gasteiger partial charge is 0.223 e. The van der Waals surface area contributed by atoms with Crippen molar-refractivity contribution in [3.8, 4) is 0 Å². The second kappa shape index (κ2) is 7.00. The quantitative estimate of drug-likeness (QED) is 0.894. The van der Waals surface area contributed by atoms with E-state index in [1.54, 1.807) is 6.07 Å². The van der Waals surface area contributed by atoms with Gasteiger partial charge in [-0.2, -0.15) is 0 Å². The maximum Gasteiger partial charge on any atom is 0.223 e. The van der Waals surface area contributed by atoms with Gasteiger partial charge in [0.05, 0.1) is 6.10 Å². The number of nitrogens with one attached hydrogen (secondary N) is 1. The Labute approximate surface area is 137 Å². The third-order valence-electron chi connectivity index (χ3n) is 5.62. The van der Waals surface area contributed by atoms with Crippen LogP contribution in [-0.2, 0) is 10.2 Å². The molecule has 0 radical (unpaired) electrons. The van der Waals surface area contributed by atoms with Gasteiger partial charge in [-0.15, -0.1) is 0 Å². The van der Waals surface area contributed by atoms with Crippen LogP contribution in [0.5, 0.6) is 0 Å². The van der Waals surface area contributed by atoms with Crippen LogP contribution in [0.15, 0.2) is 24.3 Å². The van der Waals surface area contributed by atoms with E-state index in [9.17, 15) is 14.3 Å². The van der Waals surface area contributed by atoms with E-state index in [4.69, 9.17) is 0 Å². The molecule has 0 heterocycles. The molecule has 0 aliphatic heterocycles. The molecule has 2 aliphatic carbocycles. The average Bonchev–Trinajstić information content (AvgIpc) is 3.03. The largest absolute Gasteiger partial charge is 0.393 e. The number of benzene rings is 1. The Morgan fingerprint density at radius 1 is 1.22 bits per heavy atom. The number of rotatable bonds is 4. The van der Waals surface area contributed by atoms with Crippen molar-refractivity contribution >= 4 is 5.91 Å². The second-order valence-corrected chi connectivity index (χ2v) is 7.20. The molecule has 1 aromatic rings. The van der Waals surface area contributed by atoms with Crippen LogP contribution in [0.4, 0.5) is 4.39 Å². The third-order valence-corrected chi connectivity index (χ3v) is 5.62. The van der Waals surface area contributed by atoms with E-state index in [0.29, 0.717) is 13.0 Å². The number of hydrogen-bond acceptors (Lipinski definition) is 2. The van der Waals surface area contributed by atoms with Gasteiger partial charge in [-0.25, -0.2) is 4.39 Å². The summed E-state index contributed by atoms with van der Waals surface area (Å²) in [5.41, 5.74) is 0.468. The van der Waals surface area contributed by atoms with Crippen molar-refractivity contribution in [3.05, 3.63) is 35.6 Å². The minimum Gasteiger partial charge on any atom is -0.393 e. The van der Waals surface area contributed by atoms with Gasteiger partial charge in [0.15, 0.2) is 0 Å². The first-order valence-corrected chi connectivity index (χ1v) is 8.81. The predicted molar refractivity (Wildman–Crippen MR) is 87.5 cm³/mol. The van der Waals surface area contributed by atoms with Crippen molar-refractivity contribution in [2.75, 3.05) is 6.54 Å². The molecule has 1 aromatic carbocycles. The molecule has 0 saturated heterocycles. The van der Waals surface area contributed by atoms with Gasteiger partial charge in [0.2, 0.25) is 5.91 Å². The lowest BCUT2D eigenvalue weighted by Crippen LogP contribution is -2.43. The lowest BCUT2D eigenvalue weighted by molar-refractivity contribution is -0.127. The summed E-state index contributed by atoms with van der Waals surface area (Å²) >= 11 is 0. The van der Waals surface area contributed by atoms with Crippen molar-refractivity contribution in [2.24, 2.45) is 5.92 Å². The summed E-state index contributed by atoms with van der Waals surface area (Å²) in [6.45, 7) is 0.499. The first-order valence-electron chi connectivity index (χ1n) is 8.81. The van der Waals surface area contributed by atoms with E-state index in [0.717, 1.165) is 50.5 Å². The number of carbonyl (C=O) groups excluding carboxylic acids is 1. The molecular formula is C19H26FNO2. The molecule has 2 saturated carbocycles. The molecule has 2 N–H and O–H groups in total. The molecule has 3 nitrogen and oxygen atoms in total. The highest BCUT2D eigenvalue weighted by molar-refractivity contribution is 5.78. The summed E-state index contributed by atoms with van der Waals surface area (Å²) < 4.78 is 14.3. The van der Waals surface area contributed by atoms with Crippen LogP contribution in [0.1, 0.15) is 56.9 Å². The number of aliphatic hydroxyl groups excluding tert-OH is 1. The highest BCUT2D eigenvalue weighted by Crippen LogP contribution is 2.41. The fourth-order valence-electron chi connectivity index (χ4n) is 4.29. The van der Waals surface area contributed by atoms with Gasteiger partial charge in [0, 0.05) is 17.9 Å². The molecule has 126 valence electrons. The zero-order chi connectivity index (χ0) is 16.3. The number of carbonyl (C=O) groups is 1. The second-order valence-electron chi connectivity index (χ2n) is 7.20. The Morgan fingerprint density at radius 2 is 1.96 bits per heavy atom. The summed E-state index contributed by atoms with van der Waals surface area (Å²) in [5, 5.41) is 12.8. The highest BCUT2D eigenvalue weighted by atomic mass is 19.1. The third kappa shape index (κ3) is 3.57. The molecule has 1 amide bonds. The average molecular weight is 319 g/mol. The normalized spacial score (nSPS) is 26.9. The fraction of sp³-hybridized carbons (Fsp3) is 0.632. The van der Waals surface area contributed by atoms with Crippen molar-refractivity contribution in [1.82, 2.24) is 5.32 Å². The Kier molecular flexibility index (Phi) is 5.00. The number of hydrogen-bond donors (Lipinski definition) is 2. The van der Waals surface area contributed by atoms with Crippen LogP contribution < -0.4 is 5.32 Å². The van der Waals surface area contributed by atoms with Gasteiger partial charge in [-0.05, 0) is 43.7 Å². The summed E-state index contributed by atoms with van der Waals surface area (Å²) in [6.07, 6.45) is 6.72. The van der Waals surface area contributed by atoms with Gasteiger partial charge in [-0.1, -0.05) is 37.5 Å². The van der Waals surface area contributed by atoms with Crippen molar-refractivity contribution < 1.29 is 14.3 Å². The van der Waals surface area contributed by atoms with E-state index < -0.39 is 0 Å². The molecule has 0 aromatic heterocycles. The Bertz CT molecular complexity index is 554. The van der Waals surface area contributed by atoms with Crippen LogP contribution >= 0.6 is 0 Å². The van der Waals surface area contributed by atoms with E-state index in [1.807, 2.05) is 12.1 Å². The Balaban J connectivity index is 1.69. The van der Waals surface area contributed by atoms with Gasteiger partial charge >= 0.3 is 0 Å². The molecule has 0 unspecified atom stereocenters. The maximum absolute atomic E-state index is 14.3. The monoisotopic (exact) mass is 319 g/mol. The minimum absolute atomic E-state index is 0.0198. The summed E-state index contributed by atoms with van der Waals surface area (Å²) in [4.78, 5) is 12.4. The summed E-state index contributed by atoms with van der Waals surface area (Å²) in [7, 11) is 0. The van der Waals surface area contributed by atoms with Gasteiger partial charge < -0.3 is 10.4 Å². The van der Waals surface area contributed by atoms with Crippen molar-refractivity contribution in [2.45, 2.75) is 62.9 Å². The van der Waals surface area contributed by atoms with Gasteiger partial charge in [-0.3, -0.25) is 4.79 Å². The van der Waals surface area contributed by atoms with E-state index in [2.05, 4.69) is 5.32 Å². The van der Waals surface area contributed by atoms with Crippen molar-refractivity contribution in [1.29, 1.82) is 0 Å². The molecular weight excluding hydrogens is 293 g/mol. The fourth-order valence-corrected chi connectivity index (χ4v) is 4.29. The maximum atomic E-state index is 14.3. The zero-order valence-corrected chi connectivity index (χ0v) is 13.6. The Hall–Kier alpha value is -1.42. The van der Waals surface area contributed by atoms with Gasteiger partial charge in [0.25, 0.3) is 0 Å². The topological polar surface area (TPSA) is 49.3 Å². The van der Waals surface area contributed by atoms with Crippen LogP contribution in [0.2, 0.25) is 0 Å². The lowest BCUT2D eigenvalue weighted by atomic mass is 9.78. The standard InChI is InChI=1S/C19H26FNO2/c20-17-9-2-1-8-16(17)19(10-3-4-11-19)13-21-18(23)14-6-5-7-15(22)12-14/h1-2,8-9,14-15,22H,3-7,10-13H2,(H,21,23)/t14-,15+/m0/s1. The van der Waals surface area contributed by atoms with Crippen molar-refractivity contribution in [3.63, 3.8) is 0 Å². The van der Waals surface area contributed by atoms with E-state index in [1.165, 1.54) is 6.07 Å². The lowest BCUT2D eigenvalue weighted by Gasteiger charge is -2.32. The first kappa shape index (κ1) is 16.4. The number of aliphatic hydroxyl groups is 1. The molecule has 2 fully saturated rings. The van der Waals surface area contributed by atoms with Crippen LogP contribution in [0, 0.1) is 11.7 Å². The van der Waals surface area contributed by atoms with E-state index >= 15 is 0 Å². The summed E-state index contributed by atoms with van der Waals surface area (Å²) in [5.74, 6) is -0.249. The predicted octanol–water partition coefficient (Wildman–Crippen LogP) is 3.30. The Morgan fingerprint density at radius 3 is 2.65 bits per heavy atom. The first-order chi connectivity index (χ1) is 11.1. The number of amides is 1. The number of halogens is 1. The van der Waals surface area contributed by atoms with E-state index in [-0.39, 0.29) is 29.2 Å². The molecule has 2 aliphatic rings. The van der Waals surface area contributed by atoms with Gasteiger partial charge in [0.1, 0.15) is 5.82 Å².